The van der Waals surface area contributed by atoms with Crippen molar-refractivity contribution in [3.8, 4) is 28.3 Å². The van der Waals surface area contributed by atoms with Gasteiger partial charge in [0.05, 0.1) is 11.5 Å². The van der Waals surface area contributed by atoms with Crippen LogP contribution in [0.3, 0.4) is 0 Å². The van der Waals surface area contributed by atoms with Crippen molar-refractivity contribution >= 4 is 29.0 Å². The smallest absolute Gasteiger partial charge is 0.329 e. The maximum absolute atomic E-state index is 13.8. The number of aryl methyl sites for hydroxylation is 1. The lowest BCUT2D eigenvalue weighted by molar-refractivity contribution is -0.146. The molecule has 282 valence electrons. The van der Waals surface area contributed by atoms with Crippen LogP contribution in [-0.4, -0.2) is 50.5 Å². The number of rotatable bonds is 21. The van der Waals surface area contributed by atoms with Gasteiger partial charge >= 0.3 is 5.97 Å². The third kappa shape index (κ3) is 11.4. The van der Waals surface area contributed by atoms with Crippen LogP contribution >= 0.6 is 11.3 Å². The van der Waals surface area contributed by atoms with Crippen molar-refractivity contribution in [2.45, 2.75) is 83.8 Å². The third-order valence-electron chi connectivity index (χ3n) is 9.31. The predicted octanol–water partition coefficient (Wildman–Crippen LogP) is 8.91. The number of unbranched alkanes of at least 4 members (excludes halogenated alkanes) is 4. The summed E-state index contributed by atoms with van der Waals surface area (Å²) in [5, 5.41) is 23.4. The van der Waals surface area contributed by atoms with Crippen molar-refractivity contribution < 1.29 is 29.3 Å². The number of carboxylic acids is 1. The topological polar surface area (TPSA) is 139 Å². The minimum absolute atomic E-state index is 0.121. The molecule has 0 bridgehead atoms. The van der Waals surface area contributed by atoms with E-state index in [2.05, 4.69) is 29.1 Å². The van der Waals surface area contributed by atoms with Gasteiger partial charge in [-0.3, -0.25) is 9.59 Å². The number of hydrogen-bond acceptors (Lipinski definition) is 8. The molecule has 0 fully saturated rings. The molecule has 5 rings (SSSR count). The molecule has 0 radical (unpaired) electrons. The van der Waals surface area contributed by atoms with E-state index in [1.165, 1.54) is 37.0 Å². The minimum atomic E-state index is -1.60. The second-order valence-electron chi connectivity index (χ2n) is 13.5. The Hall–Kier alpha value is -5.19. The summed E-state index contributed by atoms with van der Waals surface area (Å²) >= 11 is 1.42. The van der Waals surface area contributed by atoms with Crippen molar-refractivity contribution in [1.29, 1.82) is 0 Å². The number of carboxylic acid groups (broad SMARTS) is 1. The summed E-state index contributed by atoms with van der Waals surface area (Å²) in [7, 11) is 0. The Labute approximate surface area is 321 Å². The molecule has 0 aliphatic rings. The molecule has 3 atom stereocenters. The van der Waals surface area contributed by atoms with Crippen LogP contribution in [0.4, 0.5) is 0 Å². The van der Waals surface area contributed by atoms with E-state index in [-0.39, 0.29) is 18.6 Å². The second-order valence-corrected chi connectivity index (χ2v) is 14.7. The van der Waals surface area contributed by atoms with Gasteiger partial charge in [-0.2, -0.15) is 0 Å². The van der Waals surface area contributed by atoms with Crippen LogP contribution in [-0.2, 0) is 22.4 Å². The number of aliphatic hydroxyl groups is 1. The number of benzene rings is 3. The number of ketones is 1. The van der Waals surface area contributed by atoms with Gasteiger partial charge in [-0.05, 0) is 60.2 Å². The number of carbonyl (C=O) groups excluding carboxylic acids is 2. The van der Waals surface area contributed by atoms with Crippen LogP contribution in [0.2, 0.25) is 0 Å². The van der Waals surface area contributed by atoms with E-state index < -0.39 is 29.9 Å². The Morgan fingerprint density at radius 3 is 2.13 bits per heavy atom. The molecule has 54 heavy (non-hydrogen) atoms. The molecule has 1 amide bonds. The number of amides is 1. The number of hydrogen-bond donors (Lipinski definition) is 3. The normalized spacial score (nSPS) is 12.8. The predicted molar refractivity (Wildman–Crippen MR) is 213 cm³/mol. The largest absolute Gasteiger partial charge is 0.494 e. The lowest BCUT2D eigenvalue weighted by Crippen LogP contribution is -2.47. The molecule has 2 aromatic heterocycles. The van der Waals surface area contributed by atoms with Gasteiger partial charge < -0.3 is 20.3 Å². The zero-order valence-electron chi connectivity index (χ0n) is 30.9. The maximum Gasteiger partial charge on any atom is 0.329 e. The number of ether oxygens (including phenoxy) is 1. The van der Waals surface area contributed by atoms with Gasteiger partial charge in [0.2, 0.25) is 5.91 Å². The summed E-state index contributed by atoms with van der Waals surface area (Å²) in [6.07, 6.45) is 9.93. The lowest BCUT2D eigenvalue weighted by Gasteiger charge is -2.24. The van der Waals surface area contributed by atoms with Gasteiger partial charge in [-0.25, -0.2) is 14.8 Å². The summed E-state index contributed by atoms with van der Waals surface area (Å²) in [6.45, 7) is 5.00. The van der Waals surface area contributed by atoms with E-state index in [4.69, 9.17) is 4.74 Å². The highest BCUT2D eigenvalue weighted by Crippen LogP contribution is 2.27. The number of aliphatic carboxylic acids is 1. The van der Waals surface area contributed by atoms with Crippen LogP contribution in [0.5, 0.6) is 5.75 Å². The van der Waals surface area contributed by atoms with Crippen LogP contribution in [0.15, 0.2) is 103 Å². The molecular formula is C44H49N3O6S. The Bertz CT molecular complexity index is 1930. The number of nitrogens with zero attached hydrogens (tertiary/aromatic N) is 2. The molecule has 10 heteroatoms. The molecule has 3 N–H and O–H groups in total. The quantitative estimate of drug-likeness (QED) is 0.0500. The van der Waals surface area contributed by atoms with Crippen LogP contribution in [0.1, 0.15) is 90.6 Å². The van der Waals surface area contributed by atoms with Crippen molar-refractivity contribution in [3.63, 3.8) is 0 Å². The Morgan fingerprint density at radius 1 is 0.778 bits per heavy atom. The first-order valence-electron chi connectivity index (χ1n) is 18.8. The fourth-order valence-electron chi connectivity index (χ4n) is 6.22. The van der Waals surface area contributed by atoms with E-state index in [9.17, 15) is 24.6 Å². The number of aliphatic hydroxyl groups excluding tert-OH is 1. The molecule has 2 heterocycles. The van der Waals surface area contributed by atoms with Crippen LogP contribution in [0, 0.1) is 5.92 Å². The van der Waals surface area contributed by atoms with Crippen molar-refractivity contribution in [2.24, 2.45) is 5.92 Å². The van der Waals surface area contributed by atoms with E-state index in [0.29, 0.717) is 22.9 Å². The molecule has 3 aromatic carbocycles. The zero-order valence-corrected chi connectivity index (χ0v) is 31.8. The molecule has 0 saturated carbocycles. The van der Waals surface area contributed by atoms with Gasteiger partial charge in [-0.1, -0.05) is 113 Å². The molecule has 5 aromatic rings. The monoisotopic (exact) mass is 747 g/mol. The molecule has 0 saturated heterocycles. The summed E-state index contributed by atoms with van der Waals surface area (Å²) < 4.78 is 5.90. The number of nitrogens with one attached hydrogen (secondary N) is 1. The molecule has 9 nitrogen and oxygen atoms in total. The average molecular weight is 748 g/mol. The summed E-state index contributed by atoms with van der Waals surface area (Å²) in [6, 6.07) is 25.8. The number of Topliss-reactive ketones (excluding diaryl/α,β-unsaturated/α-hetero) is 1. The SMILES string of the molecule is CCCCCCCOc1ccc(-c2cnc(-c3ccc(C[C@H](CC(=O)c4ccc(CCC)s4)C(=O)NC(C(=O)O)C(O)c4ccccc4)cc3)nc2)cc1. The molecular weight excluding hydrogens is 699 g/mol. The van der Waals surface area contributed by atoms with E-state index >= 15 is 0 Å². The first-order chi connectivity index (χ1) is 26.2. The highest BCUT2D eigenvalue weighted by molar-refractivity contribution is 7.14. The third-order valence-corrected chi connectivity index (χ3v) is 10.5. The van der Waals surface area contributed by atoms with Crippen molar-refractivity contribution in [3.05, 3.63) is 124 Å². The standard InChI is InChI=1S/C44H49N3O6S/c1-3-5-6-7-11-25-53-36-21-19-31(20-22-36)35-28-45-42(46-29-35)33-17-15-30(16-18-33)26-34(27-38(48)39-24-23-37(54-39)12-4-2)43(50)47-40(44(51)52)41(49)32-13-9-8-10-14-32/h8-10,13-24,28-29,34,40-41,49H,3-7,11-12,25-27H2,1-2H3,(H,47,50)(H,51,52)/t34-,40?,41?/m1/s1. The maximum atomic E-state index is 13.8. The number of aromatic nitrogens is 2. The van der Waals surface area contributed by atoms with Crippen LogP contribution < -0.4 is 10.1 Å². The number of carbonyl (C=O) groups is 3. The van der Waals surface area contributed by atoms with E-state index in [0.717, 1.165) is 52.1 Å². The van der Waals surface area contributed by atoms with E-state index in [1.807, 2.05) is 54.6 Å². The van der Waals surface area contributed by atoms with Gasteiger partial charge in [0.15, 0.2) is 17.6 Å². The molecule has 0 aliphatic heterocycles. The summed E-state index contributed by atoms with van der Waals surface area (Å²) in [5.41, 5.74) is 3.78. The van der Waals surface area contributed by atoms with Crippen molar-refractivity contribution in [1.82, 2.24) is 15.3 Å². The van der Waals surface area contributed by atoms with Gasteiger partial charge in [-0.15, -0.1) is 11.3 Å². The first kappa shape index (κ1) is 40.0. The van der Waals surface area contributed by atoms with Gasteiger partial charge in [0.25, 0.3) is 0 Å². The highest BCUT2D eigenvalue weighted by Gasteiger charge is 2.33. The Kier molecular flexibility index (Phi) is 15.1. The van der Waals surface area contributed by atoms with Crippen molar-refractivity contribution in [2.75, 3.05) is 6.61 Å². The highest BCUT2D eigenvalue weighted by atomic mass is 32.1. The fraction of sp³-hybridized carbons (Fsp3) is 0.341. The Balaban J connectivity index is 1.26. The fourth-order valence-corrected chi connectivity index (χ4v) is 7.28. The van der Waals surface area contributed by atoms with Gasteiger partial charge in [0, 0.05) is 40.7 Å². The molecule has 0 aliphatic carbocycles. The molecule has 0 spiro atoms. The lowest BCUT2D eigenvalue weighted by atomic mass is 9.91. The van der Waals surface area contributed by atoms with Gasteiger partial charge in [0.1, 0.15) is 11.9 Å². The average Bonchev–Trinajstić information content (AvgIpc) is 3.67. The van der Waals surface area contributed by atoms with E-state index in [1.54, 1.807) is 48.8 Å². The minimum Gasteiger partial charge on any atom is -0.494 e. The number of thiophene rings is 1. The summed E-state index contributed by atoms with van der Waals surface area (Å²) in [5.74, 6) is -1.70. The molecule has 2 unspecified atom stereocenters. The zero-order chi connectivity index (χ0) is 38.3. The first-order valence-corrected chi connectivity index (χ1v) is 19.6. The second kappa shape index (κ2) is 20.3. The summed E-state index contributed by atoms with van der Waals surface area (Å²) in [4.78, 5) is 50.3. The Morgan fingerprint density at radius 2 is 1.46 bits per heavy atom. The van der Waals surface area contributed by atoms with Crippen LogP contribution in [0.25, 0.3) is 22.5 Å².